The van der Waals surface area contributed by atoms with Crippen LogP contribution >= 0.6 is 0 Å². The van der Waals surface area contributed by atoms with E-state index in [0.29, 0.717) is 5.56 Å². The predicted molar refractivity (Wildman–Crippen MR) is 119 cm³/mol. The van der Waals surface area contributed by atoms with Crippen LogP contribution in [0.5, 0.6) is 5.75 Å². The van der Waals surface area contributed by atoms with Crippen molar-refractivity contribution in [2.45, 2.75) is 27.4 Å². The number of rotatable bonds is 7. The van der Waals surface area contributed by atoms with Crippen molar-refractivity contribution in [3.63, 3.8) is 0 Å². The lowest BCUT2D eigenvalue weighted by Crippen LogP contribution is -2.33. The van der Waals surface area contributed by atoms with Crippen molar-refractivity contribution in [2.24, 2.45) is 0 Å². The molecule has 0 heterocycles. The first-order chi connectivity index (χ1) is 14.4. The second-order valence-corrected chi connectivity index (χ2v) is 7.26. The molecule has 2 N–H and O–H groups in total. The lowest BCUT2D eigenvalue weighted by atomic mass is 10.1. The quantitative estimate of drug-likeness (QED) is 0.609. The molecular weight excluding hydrogens is 376 g/mol. The molecule has 0 aliphatic heterocycles. The normalized spacial score (nSPS) is 10.4. The van der Waals surface area contributed by atoms with Gasteiger partial charge in [-0.25, -0.2) is 0 Å². The van der Waals surface area contributed by atoms with Crippen LogP contribution in [0.15, 0.2) is 66.7 Å². The zero-order valence-corrected chi connectivity index (χ0v) is 17.5. The molecule has 0 bridgehead atoms. The van der Waals surface area contributed by atoms with Crippen LogP contribution in [0, 0.1) is 20.8 Å². The molecule has 0 aliphatic rings. The zero-order valence-electron chi connectivity index (χ0n) is 17.5. The summed E-state index contributed by atoms with van der Waals surface area (Å²) in [4.78, 5) is 25.0. The molecule has 0 saturated heterocycles. The van der Waals surface area contributed by atoms with Gasteiger partial charge < -0.3 is 15.4 Å². The molecule has 30 heavy (non-hydrogen) atoms. The Hall–Kier alpha value is -3.60. The Morgan fingerprint density at radius 2 is 1.50 bits per heavy atom. The zero-order chi connectivity index (χ0) is 21.5. The van der Waals surface area contributed by atoms with Crippen LogP contribution in [0.4, 0.5) is 5.69 Å². The van der Waals surface area contributed by atoms with Gasteiger partial charge in [0, 0.05) is 16.8 Å². The summed E-state index contributed by atoms with van der Waals surface area (Å²) in [5, 5.41) is 5.60. The maximum atomic E-state index is 12.7. The van der Waals surface area contributed by atoms with Crippen LogP contribution < -0.4 is 15.4 Å². The molecule has 3 aromatic rings. The first-order valence-corrected chi connectivity index (χ1v) is 9.85. The van der Waals surface area contributed by atoms with E-state index in [0.717, 1.165) is 33.7 Å². The topological polar surface area (TPSA) is 67.4 Å². The Bertz CT molecular complexity index is 1020. The highest BCUT2D eigenvalue weighted by Gasteiger charge is 2.14. The molecule has 3 rings (SSSR count). The molecule has 0 spiro atoms. The molecule has 0 unspecified atom stereocenters. The lowest BCUT2D eigenvalue weighted by Gasteiger charge is -2.14. The van der Waals surface area contributed by atoms with Gasteiger partial charge in [-0.15, -0.1) is 0 Å². The van der Waals surface area contributed by atoms with Gasteiger partial charge in [0.05, 0.1) is 6.54 Å². The van der Waals surface area contributed by atoms with E-state index in [9.17, 15) is 9.59 Å². The highest BCUT2D eigenvalue weighted by Crippen LogP contribution is 2.21. The molecule has 0 saturated carbocycles. The van der Waals surface area contributed by atoms with Crippen molar-refractivity contribution < 1.29 is 14.3 Å². The molecule has 154 valence electrons. The van der Waals surface area contributed by atoms with Gasteiger partial charge in [0.2, 0.25) is 5.91 Å². The third kappa shape index (κ3) is 5.47. The maximum Gasteiger partial charge on any atom is 0.252 e. The number of benzene rings is 3. The second-order valence-electron chi connectivity index (χ2n) is 7.26. The van der Waals surface area contributed by atoms with Crippen LogP contribution in [0.25, 0.3) is 0 Å². The summed E-state index contributed by atoms with van der Waals surface area (Å²) in [5.41, 5.74) is 5.17. The summed E-state index contributed by atoms with van der Waals surface area (Å²) >= 11 is 0. The standard InChI is InChI=1S/C25H26N2O3/c1-17-13-18(2)24(19(3)14-17)27-23(28)15-26-25(29)22-12-8-7-9-20(22)16-30-21-10-5-4-6-11-21/h4-14H,15-16H2,1-3H3,(H,26,29)(H,27,28). The van der Waals surface area contributed by atoms with E-state index in [1.165, 1.54) is 0 Å². The Morgan fingerprint density at radius 1 is 0.867 bits per heavy atom. The van der Waals surface area contributed by atoms with Gasteiger partial charge in [0.15, 0.2) is 0 Å². The minimum absolute atomic E-state index is 0.112. The van der Waals surface area contributed by atoms with E-state index in [4.69, 9.17) is 4.74 Å². The number of ether oxygens (including phenoxy) is 1. The molecule has 5 nitrogen and oxygen atoms in total. The Labute approximate surface area is 177 Å². The summed E-state index contributed by atoms with van der Waals surface area (Å²) in [6.07, 6.45) is 0. The van der Waals surface area contributed by atoms with Gasteiger partial charge in [0.1, 0.15) is 12.4 Å². The minimum atomic E-state index is -0.310. The number of nitrogens with one attached hydrogen (secondary N) is 2. The summed E-state index contributed by atoms with van der Waals surface area (Å²) < 4.78 is 5.76. The van der Waals surface area contributed by atoms with Crippen LogP contribution in [-0.4, -0.2) is 18.4 Å². The van der Waals surface area contributed by atoms with E-state index in [1.54, 1.807) is 12.1 Å². The van der Waals surface area contributed by atoms with E-state index in [2.05, 4.69) is 10.6 Å². The molecule has 5 heteroatoms. The summed E-state index contributed by atoms with van der Waals surface area (Å²) in [6, 6.07) is 20.7. The van der Waals surface area contributed by atoms with Gasteiger partial charge in [0.25, 0.3) is 5.91 Å². The molecule has 0 aliphatic carbocycles. The maximum absolute atomic E-state index is 12.7. The second kappa shape index (κ2) is 9.74. The van der Waals surface area contributed by atoms with Crippen molar-refractivity contribution in [1.82, 2.24) is 5.32 Å². The first-order valence-electron chi connectivity index (χ1n) is 9.85. The van der Waals surface area contributed by atoms with Gasteiger partial charge in [-0.3, -0.25) is 9.59 Å². The van der Waals surface area contributed by atoms with E-state index in [1.807, 2.05) is 75.4 Å². The van der Waals surface area contributed by atoms with Gasteiger partial charge in [-0.2, -0.15) is 0 Å². The Balaban J connectivity index is 1.60. The average Bonchev–Trinajstić information content (AvgIpc) is 2.74. The SMILES string of the molecule is Cc1cc(C)c(NC(=O)CNC(=O)c2ccccc2COc2ccccc2)c(C)c1. The molecule has 2 amide bonds. The molecule has 0 atom stereocenters. The number of amides is 2. The highest BCUT2D eigenvalue weighted by molar-refractivity contribution is 6.00. The smallest absolute Gasteiger partial charge is 0.252 e. The fourth-order valence-electron chi connectivity index (χ4n) is 3.36. The third-order valence-corrected chi connectivity index (χ3v) is 4.75. The van der Waals surface area contributed by atoms with Crippen molar-refractivity contribution in [3.8, 4) is 5.75 Å². The third-order valence-electron chi connectivity index (χ3n) is 4.75. The fourth-order valence-corrected chi connectivity index (χ4v) is 3.36. The molecule has 0 radical (unpaired) electrons. The monoisotopic (exact) mass is 402 g/mol. The summed E-state index contributed by atoms with van der Waals surface area (Å²) in [6.45, 7) is 6.08. The lowest BCUT2D eigenvalue weighted by molar-refractivity contribution is -0.115. The highest BCUT2D eigenvalue weighted by atomic mass is 16.5. The Kier molecular flexibility index (Phi) is 6.86. The van der Waals surface area contributed by atoms with E-state index >= 15 is 0 Å². The summed E-state index contributed by atoms with van der Waals surface area (Å²) in [7, 11) is 0. The first kappa shape index (κ1) is 21.1. The predicted octanol–water partition coefficient (Wildman–Crippen LogP) is 4.56. The number of aryl methyl sites for hydroxylation is 3. The van der Waals surface area contributed by atoms with Crippen LogP contribution in [0.3, 0.4) is 0 Å². The van der Waals surface area contributed by atoms with Gasteiger partial charge in [-0.1, -0.05) is 54.1 Å². The van der Waals surface area contributed by atoms with Crippen LogP contribution in [0.1, 0.15) is 32.6 Å². The van der Waals surface area contributed by atoms with Crippen molar-refractivity contribution in [1.29, 1.82) is 0 Å². The number of hydrogen-bond acceptors (Lipinski definition) is 3. The van der Waals surface area contributed by atoms with E-state index < -0.39 is 0 Å². The minimum Gasteiger partial charge on any atom is -0.489 e. The van der Waals surface area contributed by atoms with Gasteiger partial charge in [-0.05, 0) is 50.1 Å². The van der Waals surface area contributed by atoms with Gasteiger partial charge >= 0.3 is 0 Å². The molecule has 0 aromatic heterocycles. The number of carbonyl (C=O) groups is 2. The molecule has 3 aromatic carbocycles. The number of anilines is 1. The van der Waals surface area contributed by atoms with Crippen molar-refractivity contribution in [2.75, 3.05) is 11.9 Å². The number of carbonyl (C=O) groups excluding carboxylic acids is 2. The average molecular weight is 402 g/mol. The van der Waals surface area contributed by atoms with Crippen molar-refractivity contribution >= 4 is 17.5 Å². The van der Waals surface area contributed by atoms with Crippen LogP contribution in [-0.2, 0) is 11.4 Å². The van der Waals surface area contributed by atoms with Crippen molar-refractivity contribution in [3.05, 3.63) is 94.5 Å². The summed E-state index contributed by atoms with van der Waals surface area (Å²) in [5.74, 6) is 0.155. The molecule has 0 fully saturated rings. The number of para-hydroxylation sites is 1. The largest absolute Gasteiger partial charge is 0.489 e. The van der Waals surface area contributed by atoms with E-state index in [-0.39, 0.29) is 25.0 Å². The van der Waals surface area contributed by atoms with Crippen LogP contribution in [0.2, 0.25) is 0 Å². The number of hydrogen-bond donors (Lipinski definition) is 2. The Morgan fingerprint density at radius 3 is 2.20 bits per heavy atom. The molecular formula is C25H26N2O3. The fraction of sp³-hybridized carbons (Fsp3) is 0.200.